The first-order valence-electron chi connectivity index (χ1n) is 6.18. The summed E-state index contributed by atoms with van der Waals surface area (Å²) in [5.74, 6) is -1.18. The molecule has 1 aromatic carbocycles. The number of hydrogen-bond donors (Lipinski definition) is 1. The Balaban J connectivity index is 1.86. The lowest BCUT2D eigenvalue weighted by Crippen LogP contribution is -2.08. The van der Waals surface area contributed by atoms with Gasteiger partial charge in [-0.3, -0.25) is 4.98 Å². The molecule has 5 heteroatoms. The maximum absolute atomic E-state index is 13.6. The van der Waals surface area contributed by atoms with Crippen molar-refractivity contribution in [2.75, 3.05) is 5.32 Å². The Morgan fingerprint density at radius 1 is 1.20 bits per heavy atom. The normalized spacial score (nSPS) is 12.6. The highest BCUT2D eigenvalue weighted by molar-refractivity contribution is 7.17. The van der Waals surface area contributed by atoms with Gasteiger partial charge in [0.2, 0.25) is 0 Å². The largest absolute Gasteiger partial charge is 0.376 e. The van der Waals surface area contributed by atoms with Crippen molar-refractivity contribution >= 4 is 27.2 Å². The second-order valence-electron chi connectivity index (χ2n) is 4.56. The van der Waals surface area contributed by atoms with Gasteiger partial charge in [0.25, 0.3) is 0 Å². The molecule has 3 aromatic rings. The molecule has 0 amide bonds. The zero-order valence-corrected chi connectivity index (χ0v) is 11.5. The van der Waals surface area contributed by atoms with E-state index in [1.807, 2.05) is 24.4 Å². The summed E-state index contributed by atoms with van der Waals surface area (Å²) >= 11 is 1.62. The standard InChI is InChI=1S/C15H12F2N2S/c1-9(19-13-3-2-11(16)7-12(13)17)10-6-15-14(18-8-10)4-5-20-15/h2-9,19H,1H3. The smallest absolute Gasteiger partial charge is 0.149 e. The first kappa shape index (κ1) is 13.0. The summed E-state index contributed by atoms with van der Waals surface area (Å²) in [6.45, 7) is 1.92. The molecule has 2 nitrogen and oxygen atoms in total. The number of pyridine rings is 1. The number of halogens is 2. The molecule has 1 unspecified atom stereocenters. The zero-order chi connectivity index (χ0) is 14.1. The molecule has 20 heavy (non-hydrogen) atoms. The van der Waals surface area contributed by atoms with E-state index in [9.17, 15) is 8.78 Å². The Hall–Kier alpha value is -2.01. The number of aromatic nitrogens is 1. The van der Waals surface area contributed by atoms with Crippen LogP contribution in [0.4, 0.5) is 14.5 Å². The topological polar surface area (TPSA) is 24.9 Å². The first-order valence-corrected chi connectivity index (χ1v) is 7.06. The maximum atomic E-state index is 13.6. The van der Waals surface area contributed by atoms with E-state index in [-0.39, 0.29) is 11.7 Å². The number of thiophene rings is 1. The fraction of sp³-hybridized carbons (Fsp3) is 0.133. The summed E-state index contributed by atoms with van der Waals surface area (Å²) in [5.41, 5.74) is 2.20. The van der Waals surface area contributed by atoms with Gasteiger partial charge in [-0.2, -0.15) is 0 Å². The van der Waals surface area contributed by atoms with Gasteiger partial charge in [-0.1, -0.05) is 0 Å². The van der Waals surface area contributed by atoms with Crippen LogP contribution in [0.5, 0.6) is 0 Å². The van der Waals surface area contributed by atoms with Crippen LogP contribution in [0.25, 0.3) is 10.2 Å². The van der Waals surface area contributed by atoms with Crippen molar-refractivity contribution in [1.82, 2.24) is 4.98 Å². The third-order valence-electron chi connectivity index (χ3n) is 3.13. The minimum absolute atomic E-state index is 0.117. The van der Waals surface area contributed by atoms with Gasteiger partial charge in [0, 0.05) is 12.3 Å². The van der Waals surface area contributed by atoms with E-state index < -0.39 is 11.6 Å². The number of fused-ring (bicyclic) bond motifs is 1. The van der Waals surface area contributed by atoms with Gasteiger partial charge in [-0.15, -0.1) is 11.3 Å². The number of hydrogen-bond acceptors (Lipinski definition) is 3. The van der Waals surface area contributed by atoms with Crippen molar-refractivity contribution in [3.63, 3.8) is 0 Å². The Bertz CT molecular complexity index is 754. The molecule has 2 heterocycles. The molecule has 102 valence electrons. The molecule has 2 aromatic heterocycles. The van der Waals surface area contributed by atoms with Crippen LogP contribution in [0.1, 0.15) is 18.5 Å². The average molecular weight is 290 g/mol. The van der Waals surface area contributed by atoms with Crippen LogP contribution in [0, 0.1) is 11.6 Å². The Labute approximate surface area is 119 Å². The van der Waals surface area contributed by atoms with Gasteiger partial charge in [0.1, 0.15) is 11.6 Å². The number of anilines is 1. The summed E-state index contributed by atoms with van der Waals surface area (Å²) in [6.07, 6.45) is 1.77. The minimum Gasteiger partial charge on any atom is -0.376 e. The van der Waals surface area contributed by atoms with Crippen LogP contribution in [-0.4, -0.2) is 4.98 Å². The van der Waals surface area contributed by atoms with Crippen LogP contribution in [0.2, 0.25) is 0 Å². The lowest BCUT2D eigenvalue weighted by molar-refractivity contribution is 0.584. The molecule has 0 fully saturated rings. The number of rotatable bonds is 3. The lowest BCUT2D eigenvalue weighted by atomic mass is 10.1. The molecule has 0 aliphatic heterocycles. The monoisotopic (exact) mass is 290 g/mol. The molecule has 1 atom stereocenters. The molecule has 3 rings (SSSR count). The highest BCUT2D eigenvalue weighted by atomic mass is 32.1. The molecule has 0 spiro atoms. The van der Waals surface area contributed by atoms with Crippen molar-refractivity contribution in [3.05, 3.63) is 59.1 Å². The number of nitrogens with one attached hydrogen (secondary N) is 1. The van der Waals surface area contributed by atoms with Crippen molar-refractivity contribution in [1.29, 1.82) is 0 Å². The van der Waals surface area contributed by atoms with Crippen molar-refractivity contribution in [2.45, 2.75) is 13.0 Å². The Morgan fingerprint density at radius 3 is 2.85 bits per heavy atom. The second kappa shape index (κ2) is 5.17. The van der Waals surface area contributed by atoms with Crippen LogP contribution < -0.4 is 5.32 Å². The molecule has 1 N–H and O–H groups in total. The van der Waals surface area contributed by atoms with Gasteiger partial charge in [0.05, 0.1) is 21.9 Å². The van der Waals surface area contributed by atoms with Crippen LogP contribution >= 0.6 is 11.3 Å². The number of nitrogens with zero attached hydrogens (tertiary/aromatic N) is 1. The highest BCUT2D eigenvalue weighted by Crippen LogP contribution is 2.26. The predicted molar refractivity (Wildman–Crippen MR) is 78.0 cm³/mol. The van der Waals surface area contributed by atoms with Gasteiger partial charge < -0.3 is 5.32 Å². The fourth-order valence-corrected chi connectivity index (χ4v) is 2.81. The second-order valence-corrected chi connectivity index (χ2v) is 5.51. The Kier molecular flexibility index (Phi) is 3.36. The van der Waals surface area contributed by atoms with E-state index >= 15 is 0 Å². The van der Waals surface area contributed by atoms with Crippen LogP contribution in [0.3, 0.4) is 0 Å². The minimum atomic E-state index is -0.595. The number of benzene rings is 1. The van der Waals surface area contributed by atoms with Crippen LogP contribution in [-0.2, 0) is 0 Å². The van der Waals surface area contributed by atoms with Gasteiger partial charge in [-0.25, -0.2) is 8.78 Å². The SMILES string of the molecule is CC(Nc1ccc(F)cc1F)c1cnc2ccsc2c1. The van der Waals surface area contributed by atoms with E-state index in [0.717, 1.165) is 21.8 Å². The maximum Gasteiger partial charge on any atom is 0.149 e. The molecule has 0 aliphatic rings. The molecular formula is C15H12F2N2S. The van der Waals surface area contributed by atoms with E-state index in [0.29, 0.717) is 0 Å². The highest BCUT2D eigenvalue weighted by Gasteiger charge is 2.10. The van der Waals surface area contributed by atoms with Crippen molar-refractivity contribution in [2.24, 2.45) is 0 Å². The van der Waals surface area contributed by atoms with E-state index in [2.05, 4.69) is 10.3 Å². The first-order chi connectivity index (χ1) is 9.63. The van der Waals surface area contributed by atoms with Gasteiger partial charge in [-0.05, 0) is 42.1 Å². The van der Waals surface area contributed by atoms with Crippen molar-refractivity contribution < 1.29 is 8.78 Å². The Morgan fingerprint density at radius 2 is 2.05 bits per heavy atom. The molecule has 0 aliphatic carbocycles. The zero-order valence-electron chi connectivity index (χ0n) is 10.7. The van der Waals surface area contributed by atoms with Gasteiger partial charge in [0.15, 0.2) is 0 Å². The van der Waals surface area contributed by atoms with Gasteiger partial charge >= 0.3 is 0 Å². The van der Waals surface area contributed by atoms with E-state index in [4.69, 9.17) is 0 Å². The summed E-state index contributed by atoms with van der Waals surface area (Å²) < 4.78 is 27.6. The quantitative estimate of drug-likeness (QED) is 0.753. The van der Waals surface area contributed by atoms with E-state index in [1.165, 1.54) is 12.1 Å². The molecule has 0 saturated carbocycles. The third kappa shape index (κ3) is 2.49. The third-order valence-corrected chi connectivity index (χ3v) is 3.98. The fourth-order valence-electron chi connectivity index (χ4n) is 2.02. The molecule has 0 bridgehead atoms. The lowest BCUT2D eigenvalue weighted by Gasteiger charge is -2.16. The average Bonchev–Trinajstić information content (AvgIpc) is 2.89. The van der Waals surface area contributed by atoms with Crippen LogP contribution in [0.15, 0.2) is 41.9 Å². The molecule has 0 radical (unpaired) electrons. The summed E-state index contributed by atoms with van der Waals surface area (Å²) in [7, 11) is 0. The summed E-state index contributed by atoms with van der Waals surface area (Å²) in [4.78, 5) is 4.36. The summed E-state index contributed by atoms with van der Waals surface area (Å²) in [6, 6.07) is 7.38. The predicted octanol–water partition coefficient (Wildman–Crippen LogP) is 4.75. The molecular weight excluding hydrogens is 278 g/mol. The van der Waals surface area contributed by atoms with E-state index in [1.54, 1.807) is 17.5 Å². The molecule has 0 saturated heterocycles. The summed E-state index contributed by atoms with van der Waals surface area (Å²) in [5, 5.41) is 5.02. The van der Waals surface area contributed by atoms with Crippen molar-refractivity contribution in [3.8, 4) is 0 Å².